The first-order valence-electron chi connectivity index (χ1n) is 8.89. The van der Waals surface area contributed by atoms with E-state index in [-0.39, 0.29) is 0 Å². The van der Waals surface area contributed by atoms with Crippen LogP contribution in [0.15, 0.2) is 103 Å². The highest BCUT2D eigenvalue weighted by molar-refractivity contribution is 5.87. The lowest BCUT2D eigenvalue weighted by Crippen LogP contribution is -1.77. The Labute approximate surface area is 151 Å². The van der Waals surface area contributed by atoms with Gasteiger partial charge in [-0.15, -0.1) is 0 Å². The second kappa shape index (κ2) is 10.1. The quantitative estimate of drug-likeness (QED) is 0.339. The van der Waals surface area contributed by atoms with Crippen molar-refractivity contribution in [2.24, 2.45) is 0 Å². The maximum absolute atomic E-state index is 2.24. The van der Waals surface area contributed by atoms with Crippen LogP contribution in [-0.2, 0) is 0 Å². The lowest BCUT2D eigenvalue weighted by Gasteiger charge is -2.03. The summed E-state index contributed by atoms with van der Waals surface area (Å²) in [6.45, 7) is 6.08. The molecule has 0 unspecified atom stereocenters. The summed E-state index contributed by atoms with van der Waals surface area (Å²) in [5, 5.41) is 2.59. The maximum atomic E-state index is 2.24. The summed E-state index contributed by atoms with van der Waals surface area (Å²) in [5.74, 6) is 0. The molecule has 0 bridgehead atoms. The van der Waals surface area contributed by atoms with Crippen LogP contribution in [0.1, 0.15) is 19.4 Å². The third-order valence-electron chi connectivity index (χ3n) is 3.80. The molecule has 0 atom stereocenters. The van der Waals surface area contributed by atoms with E-state index >= 15 is 0 Å². The van der Waals surface area contributed by atoms with Gasteiger partial charge >= 0.3 is 0 Å². The molecule has 0 nitrogen and oxygen atoms in total. The SMILES string of the molecule is CC.Cc1ccccc1.c1ccc(-c2ccc3ccccc3c2)cc1. The van der Waals surface area contributed by atoms with E-state index in [0.717, 1.165) is 0 Å². The zero-order valence-electron chi connectivity index (χ0n) is 15.3. The molecule has 0 fully saturated rings. The van der Waals surface area contributed by atoms with Crippen molar-refractivity contribution in [3.05, 3.63) is 109 Å². The highest BCUT2D eigenvalue weighted by Gasteiger charge is 1.97. The average Bonchev–Trinajstić information content (AvgIpc) is 2.71. The van der Waals surface area contributed by atoms with Gasteiger partial charge < -0.3 is 0 Å². The Morgan fingerprint density at radius 1 is 0.440 bits per heavy atom. The van der Waals surface area contributed by atoms with Crippen molar-refractivity contribution in [2.45, 2.75) is 20.8 Å². The fraction of sp³-hybridized carbons (Fsp3) is 0.120. The summed E-state index contributed by atoms with van der Waals surface area (Å²) in [5.41, 5.74) is 3.87. The number of fused-ring (bicyclic) bond motifs is 1. The largest absolute Gasteiger partial charge is 0.0683 e. The summed E-state index contributed by atoms with van der Waals surface area (Å²) < 4.78 is 0. The molecule has 0 aliphatic heterocycles. The van der Waals surface area contributed by atoms with Crippen molar-refractivity contribution in [1.82, 2.24) is 0 Å². The second-order valence-electron chi connectivity index (χ2n) is 5.58. The van der Waals surface area contributed by atoms with Gasteiger partial charge in [-0.3, -0.25) is 0 Å². The first-order chi connectivity index (χ1) is 12.3. The lowest BCUT2D eigenvalue weighted by molar-refractivity contribution is 1.48. The van der Waals surface area contributed by atoms with Crippen molar-refractivity contribution in [3.8, 4) is 11.1 Å². The number of hydrogen-bond acceptors (Lipinski definition) is 0. The molecular formula is C25H26. The summed E-state index contributed by atoms with van der Waals surface area (Å²) in [7, 11) is 0. The summed E-state index contributed by atoms with van der Waals surface area (Å²) in [4.78, 5) is 0. The van der Waals surface area contributed by atoms with Gasteiger partial charge in [-0.25, -0.2) is 0 Å². The van der Waals surface area contributed by atoms with Crippen molar-refractivity contribution in [3.63, 3.8) is 0 Å². The van der Waals surface area contributed by atoms with Crippen molar-refractivity contribution in [2.75, 3.05) is 0 Å². The monoisotopic (exact) mass is 326 g/mol. The molecule has 0 saturated carbocycles. The van der Waals surface area contributed by atoms with Gasteiger partial charge in [-0.2, -0.15) is 0 Å². The maximum Gasteiger partial charge on any atom is -0.0178 e. The molecule has 0 saturated heterocycles. The summed E-state index contributed by atoms with van der Waals surface area (Å²) in [6, 6.07) is 35.8. The van der Waals surface area contributed by atoms with E-state index in [1.54, 1.807) is 0 Å². The molecule has 0 heteroatoms. The molecule has 0 heterocycles. The van der Waals surface area contributed by atoms with E-state index in [1.165, 1.54) is 27.5 Å². The molecule has 0 spiro atoms. The van der Waals surface area contributed by atoms with Gasteiger partial charge in [0.2, 0.25) is 0 Å². The minimum atomic E-state index is 1.27. The van der Waals surface area contributed by atoms with Crippen LogP contribution in [0.4, 0.5) is 0 Å². The van der Waals surface area contributed by atoms with E-state index in [1.807, 2.05) is 38.1 Å². The Balaban J connectivity index is 0.000000211. The first kappa shape index (κ1) is 18.5. The molecule has 126 valence electrons. The van der Waals surface area contributed by atoms with Crippen LogP contribution < -0.4 is 0 Å². The predicted molar refractivity (Wildman–Crippen MR) is 112 cm³/mol. The van der Waals surface area contributed by atoms with Crippen LogP contribution in [0.5, 0.6) is 0 Å². The van der Waals surface area contributed by atoms with Crippen LogP contribution in [0.3, 0.4) is 0 Å². The van der Waals surface area contributed by atoms with Crippen molar-refractivity contribution < 1.29 is 0 Å². The van der Waals surface area contributed by atoms with E-state index < -0.39 is 0 Å². The lowest BCUT2D eigenvalue weighted by atomic mass is 10.0. The molecule has 4 aromatic rings. The van der Waals surface area contributed by atoms with E-state index in [9.17, 15) is 0 Å². The second-order valence-corrected chi connectivity index (χ2v) is 5.58. The Bertz CT molecular complexity index is 862. The normalized spacial score (nSPS) is 9.40. The molecular weight excluding hydrogens is 300 g/mol. The van der Waals surface area contributed by atoms with Crippen LogP contribution in [0.25, 0.3) is 21.9 Å². The molecule has 0 aliphatic carbocycles. The van der Waals surface area contributed by atoms with Crippen LogP contribution in [0.2, 0.25) is 0 Å². The van der Waals surface area contributed by atoms with Crippen LogP contribution >= 0.6 is 0 Å². The smallest absolute Gasteiger partial charge is 0.0178 e. The fourth-order valence-electron chi connectivity index (χ4n) is 2.53. The zero-order valence-corrected chi connectivity index (χ0v) is 15.3. The topological polar surface area (TPSA) is 0 Å². The Hall–Kier alpha value is -2.86. The average molecular weight is 326 g/mol. The molecule has 0 radical (unpaired) electrons. The van der Waals surface area contributed by atoms with Gasteiger partial charge in [0.25, 0.3) is 0 Å². The minimum absolute atomic E-state index is 1.27. The highest BCUT2D eigenvalue weighted by atomic mass is 14.0. The number of aryl methyl sites for hydroxylation is 1. The third-order valence-corrected chi connectivity index (χ3v) is 3.80. The Morgan fingerprint density at radius 3 is 1.52 bits per heavy atom. The van der Waals surface area contributed by atoms with Crippen molar-refractivity contribution >= 4 is 10.8 Å². The Morgan fingerprint density at radius 2 is 0.960 bits per heavy atom. The molecule has 4 aromatic carbocycles. The van der Waals surface area contributed by atoms with Gasteiger partial charge in [-0.05, 0) is 34.9 Å². The van der Waals surface area contributed by atoms with Crippen LogP contribution in [0, 0.1) is 6.92 Å². The summed E-state index contributed by atoms with van der Waals surface area (Å²) in [6.07, 6.45) is 0. The predicted octanol–water partition coefficient (Wildman–Crippen LogP) is 7.53. The van der Waals surface area contributed by atoms with Crippen molar-refractivity contribution in [1.29, 1.82) is 0 Å². The first-order valence-corrected chi connectivity index (χ1v) is 8.89. The minimum Gasteiger partial charge on any atom is -0.0683 e. The summed E-state index contributed by atoms with van der Waals surface area (Å²) >= 11 is 0. The van der Waals surface area contributed by atoms with E-state index in [2.05, 4.69) is 85.8 Å². The molecule has 0 aliphatic rings. The van der Waals surface area contributed by atoms with Crippen LogP contribution in [-0.4, -0.2) is 0 Å². The zero-order chi connectivity index (χ0) is 17.9. The highest BCUT2D eigenvalue weighted by Crippen LogP contribution is 2.23. The Kier molecular flexibility index (Phi) is 7.46. The molecule has 0 amide bonds. The third kappa shape index (κ3) is 5.61. The van der Waals surface area contributed by atoms with E-state index in [4.69, 9.17) is 0 Å². The number of rotatable bonds is 1. The molecule has 0 N–H and O–H groups in total. The molecule has 4 rings (SSSR count). The number of hydrogen-bond donors (Lipinski definition) is 0. The molecule has 25 heavy (non-hydrogen) atoms. The number of benzene rings is 4. The van der Waals surface area contributed by atoms with Gasteiger partial charge in [0, 0.05) is 0 Å². The van der Waals surface area contributed by atoms with Gasteiger partial charge in [0.1, 0.15) is 0 Å². The van der Waals surface area contributed by atoms with Gasteiger partial charge in [-0.1, -0.05) is 116 Å². The molecule has 0 aromatic heterocycles. The van der Waals surface area contributed by atoms with Gasteiger partial charge in [0.05, 0.1) is 0 Å². The fourth-order valence-corrected chi connectivity index (χ4v) is 2.53. The standard InChI is InChI=1S/C16H12.C7H8.C2H6/c1-2-6-13(7-3-1)16-11-10-14-8-4-5-9-15(14)12-16;1-7-5-3-2-4-6-7;1-2/h1-12H;2-6H,1H3;1-2H3. The van der Waals surface area contributed by atoms with Gasteiger partial charge in [0.15, 0.2) is 0 Å². The van der Waals surface area contributed by atoms with E-state index in [0.29, 0.717) is 0 Å².